The zero-order valence-corrected chi connectivity index (χ0v) is 25.0. The smallest absolute Gasteiger partial charge is 0.246 e. The van der Waals surface area contributed by atoms with Gasteiger partial charge in [0.25, 0.3) is 0 Å². The van der Waals surface area contributed by atoms with Crippen molar-refractivity contribution in [2.24, 2.45) is 23.7 Å². The van der Waals surface area contributed by atoms with Gasteiger partial charge < -0.3 is 9.84 Å². The van der Waals surface area contributed by atoms with Crippen molar-refractivity contribution in [2.75, 3.05) is 18.6 Å². The number of hydrogen-bond donors (Lipinski definition) is 1. The Bertz CT molecular complexity index is 1750. The van der Waals surface area contributed by atoms with E-state index in [1.165, 1.54) is 23.0 Å². The maximum Gasteiger partial charge on any atom is 0.246 e. The van der Waals surface area contributed by atoms with E-state index in [1.54, 1.807) is 43.3 Å². The number of nitrogens with zero attached hydrogens (tertiary/aromatic N) is 2. The van der Waals surface area contributed by atoms with E-state index in [2.05, 4.69) is 0 Å². The van der Waals surface area contributed by atoms with Crippen LogP contribution in [0.4, 0.5) is 5.69 Å². The van der Waals surface area contributed by atoms with E-state index in [4.69, 9.17) is 16.3 Å². The predicted octanol–water partition coefficient (Wildman–Crippen LogP) is 5.24. The van der Waals surface area contributed by atoms with Crippen molar-refractivity contribution in [3.05, 3.63) is 101 Å². The molecule has 2 aliphatic carbocycles. The number of fused-ring (bicyclic) bond motifs is 4. The highest BCUT2D eigenvalue weighted by Gasteiger charge is 2.70. The second-order valence-corrected chi connectivity index (χ2v) is 12.4. The fraction of sp³-hybridized carbons (Fsp3) is 0.314. The molecule has 7 rings (SSSR count). The molecule has 3 fully saturated rings. The molecule has 9 heteroatoms. The molecule has 2 aliphatic heterocycles. The lowest BCUT2D eigenvalue weighted by Crippen LogP contribution is -2.53. The molecule has 224 valence electrons. The number of carbonyl (C=O) groups excluding carboxylic acids is 4. The largest absolute Gasteiger partial charge is 0.508 e. The topological polar surface area (TPSA) is 104 Å². The number of halogens is 1. The van der Waals surface area contributed by atoms with Gasteiger partial charge in [0.1, 0.15) is 11.5 Å². The molecule has 6 atom stereocenters. The van der Waals surface area contributed by atoms with Crippen LogP contribution < -0.4 is 9.64 Å². The van der Waals surface area contributed by atoms with E-state index in [9.17, 15) is 19.5 Å². The third-order valence-corrected chi connectivity index (χ3v) is 10.4. The van der Waals surface area contributed by atoms with Crippen LogP contribution in [0.1, 0.15) is 36.8 Å². The number of methoxy groups -OCH3 is 1. The summed E-state index contributed by atoms with van der Waals surface area (Å²) in [4.78, 5) is 59.4. The minimum absolute atomic E-state index is 0.0565. The number of phenols is 1. The molecule has 1 saturated carbocycles. The first-order valence-electron chi connectivity index (χ1n) is 14.9. The highest BCUT2D eigenvalue weighted by atomic mass is 35.5. The second-order valence-electron chi connectivity index (χ2n) is 11.9. The standard InChI is InChI=1S/C35H31ClN2O6/c1-3-37-31(40)24-14-13-23-25(29(24)33(37)42)18-27-32(41)38(21-11-7-10-20(36)16-21)34(43)35(27,19-8-5-4-6-9-19)30(23)26-17-22(44-2)12-15-28(26)39/h4-13,15-17,24-25,27,29-30,39H,3,14,18H2,1-2H3/t24-,25+,27-,29-,30+,35+/m0/s1. The summed E-state index contributed by atoms with van der Waals surface area (Å²) in [7, 11) is 1.52. The Kier molecular flexibility index (Phi) is 6.66. The van der Waals surface area contributed by atoms with Gasteiger partial charge in [0.2, 0.25) is 23.6 Å². The van der Waals surface area contributed by atoms with Gasteiger partial charge in [0, 0.05) is 23.0 Å². The molecule has 0 bridgehead atoms. The lowest BCUT2D eigenvalue weighted by atomic mass is 9.49. The van der Waals surface area contributed by atoms with Crippen LogP contribution in [0.5, 0.6) is 11.5 Å². The molecule has 44 heavy (non-hydrogen) atoms. The summed E-state index contributed by atoms with van der Waals surface area (Å²) in [5.41, 5.74) is 0.722. The Morgan fingerprint density at radius 1 is 0.932 bits per heavy atom. The Balaban J connectivity index is 1.53. The summed E-state index contributed by atoms with van der Waals surface area (Å²) in [5, 5.41) is 11.8. The van der Waals surface area contributed by atoms with Crippen LogP contribution >= 0.6 is 11.6 Å². The number of carbonyl (C=O) groups is 4. The van der Waals surface area contributed by atoms with Crippen LogP contribution in [0, 0.1) is 23.7 Å². The summed E-state index contributed by atoms with van der Waals surface area (Å²) in [6.07, 6.45) is 2.50. The normalized spacial score (nSPS) is 29.3. The summed E-state index contributed by atoms with van der Waals surface area (Å²) in [6.45, 7) is 2.05. The molecule has 0 spiro atoms. The zero-order valence-electron chi connectivity index (χ0n) is 24.3. The first kappa shape index (κ1) is 28.3. The first-order chi connectivity index (χ1) is 21.2. The molecular formula is C35H31ClN2O6. The molecule has 1 N–H and O–H groups in total. The molecule has 3 aromatic rings. The molecule has 0 aromatic heterocycles. The van der Waals surface area contributed by atoms with E-state index < -0.39 is 46.8 Å². The van der Waals surface area contributed by atoms with Crippen molar-refractivity contribution in [2.45, 2.75) is 31.1 Å². The molecule has 0 radical (unpaired) electrons. The third-order valence-electron chi connectivity index (χ3n) is 10.1. The molecule has 4 amide bonds. The molecule has 2 heterocycles. The Morgan fingerprint density at radius 3 is 2.41 bits per heavy atom. The Hall–Kier alpha value is -4.43. The molecule has 8 nitrogen and oxygen atoms in total. The summed E-state index contributed by atoms with van der Waals surface area (Å²) in [6, 6.07) is 20.7. The fourth-order valence-corrected chi connectivity index (χ4v) is 8.54. The average molecular weight is 611 g/mol. The number of aromatic hydroxyl groups is 1. The number of amides is 4. The summed E-state index contributed by atoms with van der Waals surface area (Å²) < 4.78 is 5.55. The number of hydrogen-bond acceptors (Lipinski definition) is 6. The highest BCUT2D eigenvalue weighted by molar-refractivity contribution is 6.32. The second kappa shape index (κ2) is 10.3. The number of likely N-dealkylation sites (tertiary alicyclic amines) is 1. The van der Waals surface area contributed by atoms with Gasteiger partial charge in [-0.05, 0) is 67.6 Å². The van der Waals surface area contributed by atoms with Gasteiger partial charge in [-0.2, -0.15) is 0 Å². The molecule has 2 saturated heterocycles. The number of benzene rings is 3. The van der Waals surface area contributed by atoms with Crippen LogP contribution in [0.2, 0.25) is 5.02 Å². The number of imide groups is 2. The molecule has 4 aliphatic rings. The third kappa shape index (κ3) is 3.76. The van der Waals surface area contributed by atoms with Gasteiger partial charge in [-0.1, -0.05) is 59.6 Å². The molecule has 3 aromatic carbocycles. The Morgan fingerprint density at radius 2 is 1.70 bits per heavy atom. The average Bonchev–Trinajstić information content (AvgIpc) is 3.42. The van der Waals surface area contributed by atoms with Crippen LogP contribution in [-0.2, 0) is 24.6 Å². The van der Waals surface area contributed by atoms with E-state index in [0.717, 1.165) is 5.57 Å². The maximum absolute atomic E-state index is 15.1. The number of rotatable bonds is 5. The van der Waals surface area contributed by atoms with Crippen LogP contribution in [0.3, 0.4) is 0 Å². The van der Waals surface area contributed by atoms with E-state index in [1.807, 2.05) is 36.4 Å². The van der Waals surface area contributed by atoms with Crippen LogP contribution in [0.25, 0.3) is 0 Å². The van der Waals surface area contributed by atoms with Gasteiger partial charge in [-0.15, -0.1) is 0 Å². The number of phenolic OH excluding ortho intramolecular Hbond substituents is 1. The van der Waals surface area contributed by atoms with Gasteiger partial charge in [-0.3, -0.25) is 24.1 Å². The lowest BCUT2D eigenvalue weighted by Gasteiger charge is -2.50. The number of ether oxygens (including phenoxy) is 1. The fourth-order valence-electron chi connectivity index (χ4n) is 8.36. The van der Waals surface area contributed by atoms with Gasteiger partial charge >= 0.3 is 0 Å². The van der Waals surface area contributed by atoms with E-state index in [0.29, 0.717) is 34.0 Å². The lowest BCUT2D eigenvalue weighted by molar-refractivity contribution is -0.140. The Labute approximate surface area is 259 Å². The van der Waals surface area contributed by atoms with Crippen molar-refractivity contribution < 1.29 is 29.0 Å². The van der Waals surface area contributed by atoms with Gasteiger partial charge in [0.15, 0.2) is 0 Å². The quantitative estimate of drug-likeness (QED) is 0.313. The predicted molar refractivity (Wildman–Crippen MR) is 163 cm³/mol. The van der Waals surface area contributed by atoms with E-state index in [-0.39, 0.29) is 30.5 Å². The van der Waals surface area contributed by atoms with Crippen LogP contribution in [0.15, 0.2) is 84.4 Å². The maximum atomic E-state index is 15.1. The van der Waals surface area contributed by atoms with Crippen molar-refractivity contribution in [3.8, 4) is 11.5 Å². The van der Waals surface area contributed by atoms with Crippen molar-refractivity contribution in [1.29, 1.82) is 0 Å². The van der Waals surface area contributed by atoms with Gasteiger partial charge in [-0.25, -0.2) is 4.90 Å². The molecule has 0 unspecified atom stereocenters. The highest BCUT2D eigenvalue weighted by Crippen LogP contribution is 2.65. The minimum Gasteiger partial charge on any atom is -0.508 e. The number of anilines is 1. The van der Waals surface area contributed by atoms with Crippen molar-refractivity contribution in [3.63, 3.8) is 0 Å². The summed E-state index contributed by atoms with van der Waals surface area (Å²) >= 11 is 6.34. The van der Waals surface area contributed by atoms with E-state index >= 15 is 4.79 Å². The minimum atomic E-state index is -1.46. The van der Waals surface area contributed by atoms with Crippen LogP contribution in [-0.4, -0.2) is 47.3 Å². The SMILES string of the molecule is CCN1C(=O)[C@H]2[C@H](CC=C3[C@H]2C[C@H]2C(=O)N(c4cccc(Cl)c4)C(=O)[C@@]2(c2ccccc2)[C@H]3c2cc(OC)ccc2O)C1=O. The van der Waals surface area contributed by atoms with Crippen molar-refractivity contribution in [1.82, 2.24) is 4.90 Å². The van der Waals surface area contributed by atoms with Crippen molar-refractivity contribution >= 4 is 40.9 Å². The summed E-state index contributed by atoms with van der Waals surface area (Å²) in [5.74, 6) is -4.27. The monoisotopic (exact) mass is 610 g/mol. The zero-order chi connectivity index (χ0) is 30.9. The number of allylic oxidation sites excluding steroid dienone is 2. The molecular weight excluding hydrogens is 580 g/mol. The first-order valence-corrected chi connectivity index (χ1v) is 15.2. The van der Waals surface area contributed by atoms with Gasteiger partial charge in [0.05, 0.1) is 36.0 Å².